The molecule has 6 heteroatoms. The topological polar surface area (TPSA) is 29.5 Å². The molecule has 0 aliphatic carbocycles. The third kappa shape index (κ3) is 5.69. The monoisotopic (exact) mass is 493 g/mol. The average molecular weight is 494 g/mol. The van der Waals surface area contributed by atoms with Crippen LogP contribution in [0.25, 0.3) is 0 Å². The molecule has 3 nitrogen and oxygen atoms in total. The summed E-state index contributed by atoms with van der Waals surface area (Å²) < 4.78 is 33.1. The molecule has 5 rings (SSSR count). The van der Waals surface area contributed by atoms with Crippen LogP contribution in [0, 0.1) is 11.6 Å². The van der Waals surface area contributed by atoms with Gasteiger partial charge in [0, 0.05) is 42.3 Å². The van der Waals surface area contributed by atoms with Crippen LogP contribution in [0.2, 0.25) is 0 Å². The summed E-state index contributed by atoms with van der Waals surface area (Å²) >= 11 is 1.90. The lowest BCUT2D eigenvalue weighted by Gasteiger charge is -2.39. The quantitative estimate of drug-likeness (QED) is 0.329. The molecule has 2 saturated heterocycles. The normalized spacial score (nSPS) is 21.2. The maximum absolute atomic E-state index is 14.0. The molecule has 3 aromatic rings. The standard InChI is InChI=1S/C29H29F2NO2S/c30-23-10-13-28(27(31)16-23)34-26-17-24-11-12-25(18-26)32(24)29(33)22-8-6-21(7-9-22)19-35-15-14-20-4-2-1-3-5-20/h1-10,13,16,24-26H,11-12,14-15,17-19H2. The van der Waals surface area contributed by atoms with Gasteiger partial charge in [-0.15, -0.1) is 0 Å². The number of fused-ring (bicyclic) bond motifs is 2. The molecule has 0 spiro atoms. The average Bonchev–Trinajstić information content (AvgIpc) is 3.14. The first-order valence-electron chi connectivity index (χ1n) is 12.2. The van der Waals surface area contributed by atoms with Gasteiger partial charge in [-0.3, -0.25) is 4.79 Å². The number of aryl methyl sites for hydroxylation is 1. The van der Waals surface area contributed by atoms with E-state index in [-0.39, 0.29) is 29.8 Å². The first kappa shape index (κ1) is 23.9. The minimum absolute atomic E-state index is 0.0622. The first-order chi connectivity index (χ1) is 17.1. The molecular formula is C29H29F2NO2S. The second-order valence-corrected chi connectivity index (χ2v) is 10.5. The van der Waals surface area contributed by atoms with Crippen LogP contribution < -0.4 is 4.74 Å². The number of carbonyl (C=O) groups is 1. The highest BCUT2D eigenvalue weighted by atomic mass is 32.2. The van der Waals surface area contributed by atoms with E-state index in [2.05, 4.69) is 36.4 Å². The van der Waals surface area contributed by atoms with Gasteiger partial charge in [0.25, 0.3) is 5.91 Å². The fourth-order valence-electron chi connectivity index (χ4n) is 5.22. The Morgan fingerprint density at radius 3 is 2.31 bits per heavy atom. The molecule has 0 aromatic heterocycles. The van der Waals surface area contributed by atoms with Crippen LogP contribution >= 0.6 is 11.8 Å². The number of hydrogen-bond acceptors (Lipinski definition) is 3. The molecular weight excluding hydrogens is 464 g/mol. The highest BCUT2D eigenvalue weighted by molar-refractivity contribution is 7.98. The number of carbonyl (C=O) groups excluding carboxylic acids is 1. The largest absolute Gasteiger partial charge is 0.487 e. The molecule has 2 unspecified atom stereocenters. The van der Waals surface area contributed by atoms with Crippen LogP contribution in [0.15, 0.2) is 72.8 Å². The number of thioether (sulfide) groups is 1. The fraction of sp³-hybridized carbons (Fsp3) is 0.345. The number of nitrogens with zero attached hydrogens (tertiary/aromatic N) is 1. The highest BCUT2D eigenvalue weighted by Gasteiger charge is 2.44. The van der Waals surface area contributed by atoms with E-state index in [4.69, 9.17) is 4.74 Å². The van der Waals surface area contributed by atoms with Gasteiger partial charge in [-0.25, -0.2) is 8.78 Å². The van der Waals surface area contributed by atoms with Crippen molar-refractivity contribution in [1.29, 1.82) is 0 Å². The van der Waals surface area contributed by atoms with E-state index in [1.54, 1.807) is 0 Å². The van der Waals surface area contributed by atoms with Crippen molar-refractivity contribution in [3.63, 3.8) is 0 Å². The molecule has 2 aliphatic rings. The summed E-state index contributed by atoms with van der Waals surface area (Å²) in [6.45, 7) is 0. The molecule has 182 valence electrons. The van der Waals surface area contributed by atoms with Crippen molar-refractivity contribution in [2.75, 3.05) is 5.75 Å². The Hall–Kier alpha value is -2.86. The van der Waals surface area contributed by atoms with Crippen molar-refractivity contribution in [1.82, 2.24) is 4.90 Å². The minimum Gasteiger partial charge on any atom is -0.487 e. The second kappa shape index (κ2) is 10.8. The predicted octanol–water partition coefficient (Wildman–Crippen LogP) is 6.66. The molecule has 0 saturated carbocycles. The van der Waals surface area contributed by atoms with Gasteiger partial charge >= 0.3 is 0 Å². The van der Waals surface area contributed by atoms with E-state index in [1.807, 2.05) is 34.9 Å². The van der Waals surface area contributed by atoms with Gasteiger partial charge in [-0.05, 0) is 60.4 Å². The van der Waals surface area contributed by atoms with Gasteiger partial charge < -0.3 is 9.64 Å². The number of piperidine rings is 1. The second-order valence-electron chi connectivity index (χ2n) is 9.37. The van der Waals surface area contributed by atoms with E-state index >= 15 is 0 Å². The van der Waals surface area contributed by atoms with E-state index in [0.29, 0.717) is 18.4 Å². The SMILES string of the molecule is O=C(c1ccc(CSCCc2ccccc2)cc1)N1C2CCC1CC(Oc1ccc(F)cc1F)C2. The first-order valence-corrected chi connectivity index (χ1v) is 13.4. The highest BCUT2D eigenvalue weighted by Crippen LogP contribution is 2.38. The Labute approximate surface area is 209 Å². The van der Waals surface area contributed by atoms with Crippen LogP contribution in [-0.4, -0.2) is 34.7 Å². The van der Waals surface area contributed by atoms with Gasteiger partial charge in [0.1, 0.15) is 11.9 Å². The molecule has 2 atom stereocenters. The van der Waals surface area contributed by atoms with Crippen molar-refractivity contribution in [2.45, 2.75) is 56.0 Å². The number of halogens is 2. The number of amides is 1. The van der Waals surface area contributed by atoms with E-state index < -0.39 is 11.6 Å². The summed E-state index contributed by atoms with van der Waals surface area (Å²) in [6, 6.07) is 22.0. The number of ether oxygens (including phenoxy) is 1. The molecule has 2 heterocycles. The summed E-state index contributed by atoms with van der Waals surface area (Å²) in [6.07, 6.45) is 4.06. The summed E-state index contributed by atoms with van der Waals surface area (Å²) in [5.41, 5.74) is 3.28. The number of benzene rings is 3. The van der Waals surface area contributed by atoms with Gasteiger partial charge in [-0.2, -0.15) is 11.8 Å². The zero-order chi connectivity index (χ0) is 24.2. The van der Waals surface area contributed by atoms with Crippen LogP contribution in [0.3, 0.4) is 0 Å². The van der Waals surface area contributed by atoms with Crippen LogP contribution in [0.5, 0.6) is 5.75 Å². The summed E-state index contributed by atoms with van der Waals surface area (Å²) in [4.78, 5) is 15.3. The Morgan fingerprint density at radius 1 is 0.914 bits per heavy atom. The zero-order valence-corrected chi connectivity index (χ0v) is 20.4. The maximum Gasteiger partial charge on any atom is 0.254 e. The Kier molecular flexibility index (Phi) is 7.37. The predicted molar refractivity (Wildman–Crippen MR) is 136 cm³/mol. The molecule has 2 fully saturated rings. The minimum atomic E-state index is -0.686. The van der Waals surface area contributed by atoms with E-state index in [1.165, 1.54) is 23.3 Å². The zero-order valence-electron chi connectivity index (χ0n) is 19.5. The van der Waals surface area contributed by atoms with Crippen molar-refractivity contribution in [3.8, 4) is 5.75 Å². The van der Waals surface area contributed by atoms with Crippen LogP contribution in [0.1, 0.15) is 47.2 Å². The Balaban J connectivity index is 1.14. The summed E-state index contributed by atoms with van der Waals surface area (Å²) in [5, 5.41) is 0. The molecule has 3 aromatic carbocycles. The molecule has 1 amide bonds. The maximum atomic E-state index is 14.0. The van der Waals surface area contributed by atoms with Gasteiger partial charge in [0.2, 0.25) is 0 Å². The molecule has 2 aliphatic heterocycles. The third-order valence-corrected chi connectivity index (χ3v) is 7.99. The lowest BCUT2D eigenvalue weighted by Crippen LogP contribution is -2.49. The van der Waals surface area contributed by atoms with Crippen molar-refractivity contribution in [2.24, 2.45) is 0 Å². The van der Waals surface area contributed by atoms with E-state index in [0.717, 1.165) is 36.8 Å². The Morgan fingerprint density at radius 2 is 1.63 bits per heavy atom. The number of hydrogen-bond donors (Lipinski definition) is 0. The molecule has 35 heavy (non-hydrogen) atoms. The van der Waals surface area contributed by atoms with Crippen molar-refractivity contribution >= 4 is 17.7 Å². The third-order valence-electron chi connectivity index (χ3n) is 6.96. The lowest BCUT2D eigenvalue weighted by molar-refractivity contribution is 0.0349. The van der Waals surface area contributed by atoms with Crippen molar-refractivity contribution < 1.29 is 18.3 Å². The van der Waals surface area contributed by atoms with Crippen LogP contribution in [-0.2, 0) is 12.2 Å². The number of rotatable bonds is 8. The van der Waals surface area contributed by atoms with Gasteiger partial charge in [-0.1, -0.05) is 42.5 Å². The fourth-order valence-corrected chi connectivity index (χ4v) is 6.18. The molecule has 2 bridgehead atoms. The van der Waals surface area contributed by atoms with Crippen molar-refractivity contribution in [3.05, 3.63) is 101 Å². The molecule has 0 radical (unpaired) electrons. The Bertz CT molecular complexity index is 1140. The van der Waals surface area contributed by atoms with Gasteiger partial charge in [0.15, 0.2) is 11.6 Å². The van der Waals surface area contributed by atoms with E-state index in [9.17, 15) is 13.6 Å². The summed E-state index contributed by atoms with van der Waals surface area (Å²) in [5.74, 6) is 0.823. The smallest absolute Gasteiger partial charge is 0.254 e. The molecule has 0 N–H and O–H groups in total. The van der Waals surface area contributed by atoms with Gasteiger partial charge in [0.05, 0.1) is 0 Å². The summed E-state index contributed by atoms with van der Waals surface area (Å²) in [7, 11) is 0. The van der Waals surface area contributed by atoms with Crippen LogP contribution in [0.4, 0.5) is 8.78 Å². The lowest BCUT2D eigenvalue weighted by atomic mass is 9.98.